The van der Waals surface area contributed by atoms with E-state index in [1.165, 1.54) is 11.3 Å². The maximum absolute atomic E-state index is 9.20. The van der Waals surface area contributed by atoms with Gasteiger partial charge in [-0.1, -0.05) is 17.7 Å². The standard InChI is InChI=1S/C18H16ClNO3S/c19-13-7-11(8-16-18(13)10(9-24-16)6-17(21)22)23-15-4-3-14-12(15)2-1-5-20-14/h1-2,5,7-9,15,17,21-22H,3-4,6H2. The van der Waals surface area contributed by atoms with Gasteiger partial charge in [-0.15, -0.1) is 11.3 Å². The number of rotatable bonds is 4. The first-order valence-corrected chi connectivity index (χ1v) is 9.04. The normalized spacial score (nSPS) is 16.8. The van der Waals surface area contributed by atoms with Gasteiger partial charge in [-0.05, 0) is 42.0 Å². The predicted octanol–water partition coefficient (Wildman–Crippen LogP) is 3.87. The van der Waals surface area contributed by atoms with Crippen LogP contribution in [0.15, 0.2) is 35.8 Å². The maximum Gasteiger partial charge on any atom is 0.155 e. The molecule has 1 unspecified atom stereocenters. The number of hydrogen-bond acceptors (Lipinski definition) is 5. The topological polar surface area (TPSA) is 62.6 Å². The molecule has 1 aliphatic rings. The number of thiophene rings is 1. The van der Waals surface area contributed by atoms with Crippen LogP contribution in [-0.2, 0) is 12.8 Å². The minimum atomic E-state index is -1.38. The fraction of sp³-hybridized carbons (Fsp3) is 0.278. The van der Waals surface area contributed by atoms with Crippen molar-refractivity contribution in [3.05, 3.63) is 57.7 Å². The zero-order valence-corrected chi connectivity index (χ0v) is 14.3. The fourth-order valence-corrected chi connectivity index (χ4v) is 4.65. The van der Waals surface area contributed by atoms with E-state index < -0.39 is 6.29 Å². The third-order valence-electron chi connectivity index (χ3n) is 4.27. The van der Waals surface area contributed by atoms with Gasteiger partial charge in [0.25, 0.3) is 0 Å². The number of nitrogens with zero attached hydrogens (tertiary/aromatic N) is 1. The van der Waals surface area contributed by atoms with E-state index in [1.807, 2.05) is 23.7 Å². The Morgan fingerprint density at radius 1 is 1.38 bits per heavy atom. The Labute approximate surface area is 148 Å². The highest BCUT2D eigenvalue weighted by molar-refractivity contribution is 7.17. The van der Waals surface area contributed by atoms with Crippen LogP contribution in [0.1, 0.15) is 29.3 Å². The SMILES string of the molecule is OC(O)Cc1csc2cc(OC3CCc4ncccc43)cc(Cl)c12. The van der Waals surface area contributed by atoms with Gasteiger partial charge < -0.3 is 14.9 Å². The van der Waals surface area contributed by atoms with E-state index in [4.69, 9.17) is 16.3 Å². The van der Waals surface area contributed by atoms with E-state index in [1.54, 1.807) is 6.07 Å². The van der Waals surface area contributed by atoms with Crippen LogP contribution in [0.5, 0.6) is 5.75 Å². The molecular weight excluding hydrogens is 346 g/mol. The lowest BCUT2D eigenvalue weighted by molar-refractivity contribution is -0.0378. The molecule has 0 spiro atoms. The molecule has 4 nitrogen and oxygen atoms in total. The van der Waals surface area contributed by atoms with Gasteiger partial charge in [-0.2, -0.15) is 0 Å². The highest BCUT2D eigenvalue weighted by Crippen LogP contribution is 2.39. The molecule has 1 atom stereocenters. The summed E-state index contributed by atoms with van der Waals surface area (Å²) in [6.45, 7) is 0. The van der Waals surface area contributed by atoms with Crippen LogP contribution in [0.25, 0.3) is 10.1 Å². The van der Waals surface area contributed by atoms with Gasteiger partial charge in [-0.25, -0.2) is 0 Å². The molecule has 0 aliphatic heterocycles. The summed E-state index contributed by atoms with van der Waals surface area (Å²) in [5, 5.41) is 21.8. The van der Waals surface area contributed by atoms with E-state index in [0.717, 1.165) is 45.5 Å². The molecule has 0 fully saturated rings. The molecule has 3 aromatic rings. The van der Waals surface area contributed by atoms with E-state index in [2.05, 4.69) is 11.1 Å². The average molecular weight is 362 g/mol. The van der Waals surface area contributed by atoms with E-state index in [0.29, 0.717) is 5.02 Å². The molecule has 2 aromatic heterocycles. The molecule has 0 amide bonds. The molecule has 0 bridgehead atoms. The summed E-state index contributed by atoms with van der Waals surface area (Å²) in [4.78, 5) is 4.40. The number of fused-ring (bicyclic) bond motifs is 2. The summed E-state index contributed by atoms with van der Waals surface area (Å²) in [5.74, 6) is 0.729. The third kappa shape index (κ3) is 2.89. The Morgan fingerprint density at radius 2 is 2.25 bits per heavy atom. The number of aromatic nitrogens is 1. The molecule has 1 aromatic carbocycles. The Bertz CT molecular complexity index is 893. The van der Waals surface area contributed by atoms with Gasteiger partial charge >= 0.3 is 0 Å². The number of hydrogen-bond donors (Lipinski definition) is 2. The van der Waals surface area contributed by atoms with Crippen molar-refractivity contribution in [1.82, 2.24) is 4.98 Å². The van der Waals surface area contributed by atoms with Gasteiger partial charge in [-0.3, -0.25) is 4.98 Å². The number of benzene rings is 1. The molecule has 1 aliphatic carbocycles. The summed E-state index contributed by atoms with van der Waals surface area (Å²) >= 11 is 7.96. The van der Waals surface area contributed by atoms with Crippen LogP contribution in [0.4, 0.5) is 0 Å². The van der Waals surface area contributed by atoms with Crippen LogP contribution in [0.2, 0.25) is 5.02 Å². The number of ether oxygens (including phenoxy) is 1. The molecular formula is C18H16ClNO3S. The molecule has 4 rings (SSSR count). The zero-order valence-electron chi connectivity index (χ0n) is 12.8. The van der Waals surface area contributed by atoms with Crippen LogP contribution in [0, 0.1) is 0 Å². The Balaban J connectivity index is 1.64. The second kappa shape index (κ2) is 6.33. The fourth-order valence-electron chi connectivity index (χ4n) is 3.23. The van der Waals surface area contributed by atoms with Crippen molar-refractivity contribution in [2.45, 2.75) is 31.7 Å². The van der Waals surface area contributed by atoms with Crippen LogP contribution >= 0.6 is 22.9 Å². The Hall–Kier alpha value is -1.66. The molecule has 24 heavy (non-hydrogen) atoms. The van der Waals surface area contributed by atoms with Crippen molar-refractivity contribution in [1.29, 1.82) is 0 Å². The Kier molecular flexibility index (Phi) is 4.18. The van der Waals surface area contributed by atoms with Gasteiger partial charge in [0, 0.05) is 34.0 Å². The summed E-state index contributed by atoms with van der Waals surface area (Å²) in [7, 11) is 0. The minimum absolute atomic E-state index is 0.000846. The molecule has 2 N–H and O–H groups in total. The monoisotopic (exact) mass is 361 g/mol. The molecule has 2 heterocycles. The van der Waals surface area contributed by atoms with E-state index >= 15 is 0 Å². The molecule has 0 radical (unpaired) electrons. The first-order chi connectivity index (χ1) is 11.6. The van der Waals surface area contributed by atoms with Crippen molar-refractivity contribution < 1.29 is 14.9 Å². The highest BCUT2D eigenvalue weighted by Gasteiger charge is 2.25. The van der Waals surface area contributed by atoms with E-state index in [9.17, 15) is 10.2 Å². The van der Waals surface area contributed by atoms with Gasteiger partial charge in [0.2, 0.25) is 0 Å². The number of pyridine rings is 1. The van der Waals surface area contributed by atoms with Crippen molar-refractivity contribution in [2.24, 2.45) is 0 Å². The highest BCUT2D eigenvalue weighted by atomic mass is 35.5. The van der Waals surface area contributed by atoms with Gasteiger partial charge in [0.1, 0.15) is 11.9 Å². The zero-order chi connectivity index (χ0) is 16.7. The lowest BCUT2D eigenvalue weighted by Crippen LogP contribution is -2.07. The number of aryl methyl sites for hydroxylation is 1. The van der Waals surface area contributed by atoms with Crippen molar-refractivity contribution in [3.8, 4) is 5.75 Å². The van der Waals surface area contributed by atoms with E-state index in [-0.39, 0.29) is 12.5 Å². The second-order valence-corrected chi connectivity index (χ2v) is 7.23. The quantitative estimate of drug-likeness (QED) is 0.692. The van der Waals surface area contributed by atoms with Crippen LogP contribution in [0.3, 0.4) is 0 Å². The Morgan fingerprint density at radius 3 is 3.08 bits per heavy atom. The minimum Gasteiger partial charge on any atom is -0.486 e. The first kappa shape index (κ1) is 15.8. The van der Waals surface area contributed by atoms with Gasteiger partial charge in [0.05, 0.1) is 5.02 Å². The van der Waals surface area contributed by atoms with Crippen molar-refractivity contribution >= 4 is 33.0 Å². The third-order valence-corrected chi connectivity index (χ3v) is 5.55. The van der Waals surface area contributed by atoms with Crippen molar-refractivity contribution in [2.75, 3.05) is 0 Å². The summed E-state index contributed by atoms with van der Waals surface area (Å²) in [6.07, 6.45) is 2.44. The summed E-state index contributed by atoms with van der Waals surface area (Å²) in [5.41, 5.74) is 3.09. The lowest BCUT2D eigenvalue weighted by Gasteiger charge is -2.15. The maximum atomic E-state index is 9.20. The number of aliphatic hydroxyl groups excluding tert-OH is 1. The van der Waals surface area contributed by atoms with Crippen LogP contribution in [-0.4, -0.2) is 21.5 Å². The average Bonchev–Trinajstić information content (AvgIpc) is 3.12. The summed E-state index contributed by atoms with van der Waals surface area (Å²) in [6, 6.07) is 7.76. The van der Waals surface area contributed by atoms with Gasteiger partial charge in [0.15, 0.2) is 6.29 Å². The second-order valence-electron chi connectivity index (χ2n) is 5.91. The summed E-state index contributed by atoms with van der Waals surface area (Å²) < 4.78 is 7.15. The number of aliphatic hydroxyl groups is 2. The largest absolute Gasteiger partial charge is 0.486 e. The molecule has 0 saturated carbocycles. The first-order valence-electron chi connectivity index (χ1n) is 7.78. The smallest absolute Gasteiger partial charge is 0.155 e. The van der Waals surface area contributed by atoms with Crippen molar-refractivity contribution in [3.63, 3.8) is 0 Å². The molecule has 0 saturated heterocycles. The molecule has 6 heteroatoms. The predicted molar refractivity (Wildman–Crippen MR) is 94.7 cm³/mol. The lowest BCUT2D eigenvalue weighted by atomic mass is 10.1. The molecule has 124 valence electrons. The number of halogens is 1. The van der Waals surface area contributed by atoms with Crippen LogP contribution < -0.4 is 4.74 Å².